The monoisotopic (exact) mass is 513 g/mol. The van der Waals surface area contributed by atoms with E-state index < -0.39 is 17.7 Å². The van der Waals surface area contributed by atoms with Crippen LogP contribution in [0.1, 0.15) is 53.6 Å². The molecule has 0 saturated heterocycles. The van der Waals surface area contributed by atoms with Crippen LogP contribution in [0.25, 0.3) is 11.1 Å². The minimum absolute atomic E-state index is 0.0838. The first-order valence-corrected chi connectivity index (χ1v) is 12.2. The predicted molar refractivity (Wildman–Crippen MR) is 136 cm³/mol. The SMILES string of the molecule is O=C(O)CCNC(=O)c1ccc(OCCCCCCc2ccc(-c3ccc(C(F)(F)F)cc3)cc2)cc1. The van der Waals surface area contributed by atoms with Crippen molar-refractivity contribution in [2.24, 2.45) is 0 Å². The van der Waals surface area contributed by atoms with Gasteiger partial charge in [0.05, 0.1) is 18.6 Å². The molecule has 0 aliphatic heterocycles. The molecule has 37 heavy (non-hydrogen) atoms. The first kappa shape index (κ1) is 27.8. The molecule has 3 aromatic carbocycles. The molecule has 0 heterocycles. The van der Waals surface area contributed by atoms with Crippen LogP contribution in [0, 0.1) is 0 Å². The number of carbonyl (C=O) groups excluding carboxylic acids is 1. The number of halogens is 3. The average Bonchev–Trinajstić information content (AvgIpc) is 2.88. The van der Waals surface area contributed by atoms with Crippen LogP contribution in [0.3, 0.4) is 0 Å². The van der Waals surface area contributed by atoms with E-state index in [-0.39, 0.29) is 18.9 Å². The van der Waals surface area contributed by atoms with E-state index in [0.717, 1.165) is 55.4 Å². The number of benzene rings is 3. The zero-order valence-corrected chi connectivity index (χ0v) is 20.4. The Morgan fingerprint density at radius 2 is 1.38 bits per heavy atom. The van der Waals surface area contributed by atoms with Crippen molar-refractivity contribution in [1.82, 2.24) is 5.32 Å². The molecule has 8 heteroatoms. The molecule has 0 saturated carbocycles. The number of aliphatic carboxylic acids is 1. The van der Waals surface area contributed by atoms with Gasteiger partial charge in [-0.15, -0.1) is 0 Å². The molecule has 0 bridgehead atoms. The molecule has 0 aliphatic rings. The highest BCUT2D eigenvalue weighted by atomic mass is 19.4. The Balaban J connectivity index is 1.30. The summed E-state index contributed by atoms with van der Waals surface area (Å²) in [6, 6.07) is 19.9. The normalized spacial score (nSPS) is 11.2. The summed E-state index contributed by atoms with van der Waals surface area (Å²) in [4.78, 5) is 22.4. The van der Waals surface area contributed by atoms with Crippen molar-refractivity contribution in [3.05, 3.63) is 89.5 Å². The molecule has 196 valence electrons. The second kappa shape index (κ2) is 13.5. The van der Waals surface area contributed by atoms with Crippen molar-refractivity contribution in [3.63, 3.8) is 0 Å². The lowest BCUT2D eigenvalue weighted by Gasteiger charge is -2.09. The van der Waals surface area contributed by atoms with Gasteiger partial charge in [0.25, 0.3) is 5.91 Å². The minimum atomic E-state index is -4.33. The summed E-state index contributed by atoms with van der Waals surface area (Å²) in [6.45, 7) is 0.659. The lowest BCUT2D eigenvalue weighted by molar-refractivity contribution is -0.138. The van der Waals surface area contributed by atoms with Crippen LogP contribution in [0.4, 0.5) is 13.2 Å². The number of amides is 1. The number of rotatable bonds is 13. The Bertz CT molecular complexity index is 1140. The van der Waals surface area contributed by atoms with Crippen molar-refractivity contribution in [2.45, 2.75) is 44.7 Å². The molecule has 2 N–H and O–H groups in total. The molecule has 0 aromatic heterocycles. The summed E-state index contributed by atoms with van der Waals surface area (Å²) in [5.41, 5.74) is 2.64. The third-order valence-corrected chi connectivity index (χ3v) is 5.87. The van der Waals surface area contributed by atoms with Crippen LogP contribution in [-0.2, 0) is 17.4 Å². The highest BCUT2D eigenvalue weighted by Crippen LogP contribution is 2.31. The van der Waals surface area contributed by atoms with Crippen LogP contribution < -0.4 is 10.1 Å². The number of unbranched alkanes of at least 4 members (excludes halogenated alkanes) is 3. The van der Waals surface area contributed by atoms with Gasteiger partial charge in [-0.2, -0.15) is 13.2 Å². The Kier molecular flexibility index (Phi) is 10.1. The maximum atomic E-state index is 12.7. The molecular formula is C29H30F3NO4. The standard InChI is InChI=1S/C29H30F3NO4/c30-29(31,32)25-14-10-23(11-15-25)22-8-6-21(7-9-22)5-3-1-2-4-20-37-26-16-12-24(13-17-26)28(36)33-19-18-27(34)35/h6-17H,1-5,18-20H2,(H,33,36)(H,34,35). The smallest absolute Gasteiger partial charge is 0.416 e. The van der Waals surface area contributed by atoms with E-state index >= 15 is 0 Å². The Morgan fingerprint density at radius 3 is 1.97 bits per heavy atom. The van der Waals surface area contributed by atoms with E-state index in [2.05, 4.69) is 5.32 Å². The third-order valence-electron chi connectivity index (χ3n) is 5.87. The quantitative estimate of drug-likeness (QED) is 0.248. The van der Waals surface area contributed by atoms with Gasteiger partial charge in [-0.25, -0.2) is 0 Å². The maximum Gasteiger partial charge on any atom is 0.416 e. The van der Waals surface area contributed by atoms with Crippen molar-refractivity contribution < 1.29 is 32.6 Å². The Labute approximate surface area is 214 Å². The lowest BCUT2D eigenvalue weighted by atomic mass is 10.00. The molecule has 0 radical (unpaired) electrons. The van der Waals surface area contributed by atoms with Crippen molar-refractivity contribution in [3.8, 4) is 16.9 Å². The van der Waals surface area contributed by atoms with Gasteiger partial charge in [-0.3, -0.25) is 9.59 Å². The highest BCUT2D eigenvalue weighted by Gasteiger charge is 2.29. The van der Waals surface area contributed by atoms with Crippen molar-refractivity contribution in [2.75, 3.05) is 13.2 Å². The molecule has 1 amide bonds. The zero-order valence-electron chi connectivity index (χ0n) is 20.4. The molecule has 0 aliphatic carbocycles. The summed E-state index contributed by atoms with van der Waals surface area (Å²) in [7, 11) is 0. The van der Waals surface area contributed by atoms with Gasteiger partial charge in [0.1, 0.15) is 5.75 Å². The number of hydrogen-bond donors (Lipinski definition) is 2. The summed E-state index contributed by atoms with van der Waals surface area (Å²) >= 11 is 0. The Hall–Kier alpha value is -3.81. The number of hydrogen-bond acceptors (Lipinski definition) is 3. The van der Waals surface area contributed by atoms with Gasteiger partial charge in [0.2, 0.25) is 0 Å². The van der Waals surface area contributed by atoms with Crippen LogP contribution >= 0.6 is 0 Å². The fourth-order valence-electron chi connectivity index (χ4n) is 3.78. The fourth-order valence-corrected chi connectivity index (χ4v) is 3.78. The van der Waals surface area contributed by atoms with Crippen LogP contribution in [-0.4, -0.2) is 30.1 Å². The number of carbonyl (C=O) groups is 2. The summed E-state index contributed by atoms with van der Waals surface area (Å²) < 4.78 is 43.9. The topological polar surface area (TPSA) is 75.6 Å². The second-order valence-corrected chi connectivity index (χ2v) is 8.71. The van der Waals surface area contributed by atoms with Crippen LogP contribution in [0.2, 0.25) is 0 Å². The van der Waals surface area contributed by atoms with Crippen LogP contribution in [0.15, 0.2) is 72.8 Å². The summed E-state index contributed by atoms with van der Waals surface area (Å²) in [5, 5.41) is 11.2. The number of carboxylic acids is 1. The van der Waals surface area contributed by atoms with Gasteiger partial charge in [0.15, 0.2) is 0 Å². The second-order valence-electron chi connectivity index (χ2n) is 8.71. The van der Waals surface area contributed by atoms with Gasteiger partial charge >= 0.3 is 12.1 Å². The highest BCUT2D eigenvalue weighted by molar-refractivity contribution is 5.94. The lowest BCUT2D eigenvalue weighted by Crippen LogP contribution is -2.25. The third kappa shape index (κ3) is 9.29. The van der Waals surface area contributed by atoms with Gasteiger partial charge in [-0.1, -0.05) is 49.2 Å². The molecule has 0 unspecified atom stereocenters. The van der Waals surface area contributed by atoms with E-state index in [1.807, 2.05) is 24.3 Å². The largest absolute Gasteiger partial charge is 0.494 e. The minimum Gasteiger partial charge on any atom is -0.494 e. The van der Waals surface area contributed by atoms with Crippen molar-refractivity contribution >= 4 is 11.9 Å². The molecule has 0 spiro atoms. The maximum absolute atomic E-state index is 12.7. The number of alkyl halides is 3. The summed E-state index contributed by atoms with van der Waals surface area (Å²) in [5.74, 6) is -0.602. The zero-order chi connectivity index (χ0) is 26.7. The molecule has 0 fully saturated rings. The van der Waals surface area contributed by atoms with E-state index in [9.17, 15) is 22.8 Å². The molecule has 3 aromatic rings. The number of aryl methyl sites for hydroxylation is 1. The van der Waals surface area contributed by atoms with Crippen LogP contribution in [0.5, 0.6) is 5.75 Å². The van der Waals surface area contributed by atoms with E-state index in [4.69, 9.17) is 9.84 Å². The molecule has 5 nitrogen and oxygen atoms in total. The predicted octanol–water partition coefficient (Wildman–Crippen LogP) is 6.76. The fraction of sp³-hybridized carbons (Fsp3) is 0.310. The van der Waals surface area contributed by atoms with Crippen molar-refractivity contribution in [1.29, 1.82) is 0 Å². The van der Waals surface area contributed by atoms with Gasteiger partial charge < -0.3 is 15.2 Å². The number of nitrogens with one attached hydrogen (secondary N) is 1. The molecular weight excluding hydrogens is 483 g/mol. The molecule has 3 rings (SSSR count). The van der Waals surface area contributed by atoms with Gasteiger partial charge in [-0.05, 0) is 72.4 Å². The first-order chi connectivity index (χ1) is 17.7. The number of ether oxygens (including phenoxy) is 1. The average molecular weight is 514 g/mol. The van der Waals surface area contributed by atoms with E-state index in [0.29, 0.717) is 17.9 Å². The van der Waals surface area contributed by atoms with E-state index in [1.54, 1.807) is 24.3 Å². The first-order valence-electron chi connectivity index (χ1n) is 12.2. The molecule has 0 atom stereocenters. The Morgan fingerprint density at radius 1 is 0.784 bits per heavy atom. The summed E-state index contributed by atoms with van der Waals surface area (Å²) in [6.07, 6.45) is 0.504. The number of carboxylic acid groups (broad SMARTS) is 1. The van der Waals surface area contributed by atoms with Gasteiger partial charge in [0, 0.05) is 12.1 Å². The van der Waals surface area contributed by atoms with E-state index in [1.165, 1.54) is 17.7 Å².